The van der Waals surface area contributed by atoms with E-state index < -0.39 is 26.3 Å². The summed E-state index contributed by atoms with van der Waals surface area (Å²) in [5, 5.41) is 2.49. The van der Waals surface area contributed by atoms with Crippen LogP contribution in [-0.4, -0.2) is 31.9 Å². The van der Waals surface area contributed by atoms with Gasteiger partial charge in [0.2, 0.25) is 0 Å². The van der Waals surface area contributed by atoms with E-state index in [4.69, 9.17) is 5.73 Å². The summed E-state index contributed by atoms with van der Waals surface area (Å²) in [6.45, 7) is 2.97. The fourth-order valence-corrected chi connectivity index (χ4v) is 1.59. The Balaban J connectivity index is 2.82. The molecule has 0 heterocycles. The van der Waals surface area contributed by atoms with Crippen molar-refractivity contribution >= 4 is 21.4 Å². The molecule has 0 saturated carbocycles. The lowest BCUT2D eigenvalue weighted by molar-refractivity contribution is 0.0951. The SMILES string of the molecule is CC(C)(CNC(=O)c1ccc(F)cc1N)S(C)(=O)=O. The molecule has 0 aliphatic rings. The van der Waals surface area contributed by atoms with E-state index in [1.54, 1.807) is 0 Å². The minimum atomic E-state index is -3.30. The van der Waals surface area contributed by atoms with Gasteiger partial charge in [0.1, 0.15) is 5.82 Å². The van der Waals surface area contributed by atoms with Crippen molar-refractivity contribution in [3.8, 4) is 0 Å². The topological polar surface area (TPSA) is 89.3 Å². The van der Waals surface area contributed by atoms with E-state index in [0.29, 0.717) is 0 Å². The minimum Gasteiger partial charge on any atom is -0.398 e. The summed E-state index contributed by atoms with van der Waals surface area (Å²) < 4.78 is 34.7. The maximum atomic E-state index is 12.9. The Morgan fingerprint density at radius 1 is 1.42 bits per heavy atom. The molecule has 0 unspecified atom stereocenters. The average Bonchev–Trinajstić information content (AvgIpc) is 2.24. The van der Waals surface area contributed by atoms with Crippen molar-refractivity contribution < 1.29 is 17.6 Å². The van der Waals surface area contributed by atoms with E-state index in [1.807, 2.05) is 0 Å². The van der Waals surface area contributed by atoms with Gasteiger partial charge < -0.3 is 11.1 Å². The van der Waals surface area contributed by atoms with Gasteiger partial charge in [-0.2, -0.15) is 0 Å². The van der Waals surface area contributed by atoms with Crippen molar-refractivity contribution in [1.29, 1.82) is 0 Å². The van der Waals surface area contributed by atoms with Crippen LogP contribution in [0.3, 0.4) is 0 Å². The molecule has 0 radical (unpaired) electrons. The van der Waals surface area contributed by atoms with Crippen LogP contribution in [0.2, 0.25) is 0 Å². The van der Waals surface area contributed by atoms with Gasteiger partial charge in [-0.05, 0) is 32.0 Å². The Kier molecular flexibility index (Phi) is 4.19. The third-order valence-electron chi connectivity index (χ3n) is 2.94. The van der Waals surface area contributed by atoms with E-state index in [9.17, 15) is 17.6 Å². The molecule has 1 rings (SSSR count). The van der Waals surface area contributed by atoms with Crippen LogP contribution in [-0.2, 0) is 9.84 Å². The normalized spacial score (nSPS) is 12.2. The number of amides is 1. The number of rotatable bonds is 4. The first-order chi connectivity index (χ1) is 8.54. The third kappa shape index (κ3) is 3.66. The van der Waals surface area contributed by atoms with Crippen molar-refractivity contribution in [2.24, 2.45) is 0 Å². The molecule has 0 aliphatic carbocycles. The summed E-state index contributed by atoms with van der Waals surface area (Å²) in [6.07, 6.45) is 1.10. The van der Waals surface area contributed by atoms with E-state index in [2.05, 4.69) is 5.32 Å². The lowest BCUT2D eigenvalue weighted by Gasteiger charge is -2.22. The van der Waals surface area contributed by atoms with Gasteiger partial charge in [0.05, 0.1) is 10.3 Å². The highest BCUT2D eigenvalue weighted by atomic mass is 32.2. The number of halogens is 1. The number of nitrogens with one attached hydrogen (secondary N) is 1. The molecule has 1 aromatic carbocycles. The maximum Gasteiger partial charge on any atom is 0.253 e. The van der Waals surface area contributed by atoms with Crippen LogP contribution in [0.5, 0.6) is 0 Å². The smallest absolute Gasteiger partial charge is 0.253 e. The van der Waals surface area contributed by atoms with Gasteiger partial charge in [-0.15, -0.1) is 0 Å². The van der Waals surface area contributed by atoms with Crippen LogP contribution >= 0.6 is 0 Å². The molecule has 0 fully saturated rings. The molecule has 19 heavy (non-hydrogen) atoms. The molecule has 7 heteroatoms. The first-order valence-corrected chi connectivity index (χ1v) is 7.46. The van der Waals surface area contributed by atoms with Gasteiger partial charge in [-0.3, -0.25) is 4.79 Å². The van der Waals surface area contributed by atoms with Crippen molar-refractivity contribution in [2.45, 2.75) is 18.6 Å². The first kappa shape index (κ1) is 15.4. The fourth-order valence-electron chi connectivity index (χ4n) is 1.26. The van der Waals surface area contributed by atoms with Crippen LogP contribution < -0.4 is 11.1 Å². The second kappa shape index (κ2) is 5.16. The molecule has 0 spiro atoms. The van der Waals surface area contributed by atoms with Crippen LogP contribution in [0.1, 0.15) is 24.2 Å². The zero-order valence-corrected chi connectivity index (χ0v) is 11.8. The van der Waals surface area contributed by atoms with Crippen LogP contribution in [0.4, 0.5) is 10.1 Å². The summed E-state index contributed by atoms with van der Waals surface area (Å²) in [6, 6.07) is 3.41. The number of hydrogen-bond donors (Lipinski definition) is 2. The molecule has 0 bridgehead atoms. The Morgan fingerprint density at radius 3 is 2.47 bits per heavy atom. The highest BCUT2D eigenvalue weighted by Crippen LogP contribution is 2.16. The summed E-state index contributed by atoms with van der Waals surface area (Å²) in [7, 11) is -3.30. The van der Waals surface area contributed by atoms with Gasteiger partial charge >= 0.3 is 0 Å². The summed E-state index contributed by atoms with van der Waals surface area (Å²) >= 11 is 0. The molecule has 0 aliphatic heterocycles. The Labute approximate surface area is 111 Å². The van der Waals surface area contributed by atoms with E-state index in [0.717, 1.165) is 18.4 Å². The molecule has 0 saturated heterocycles. The molecule has 0 atom stereocenters. The molecule has 106 valence electrons. The number of benzene rings is 1. The summed E-state index contributed by atoms with van der Waals surface area (Å²) in [4.78, 5) is 11.8. The van der Waals surface area contributed by atoms with Gasteiger partial charge in [0, 0.05) is 18.5 Å². The number of anilines is 1. The van der Waals surface area contributed by atoms with Crippen LogP contribution in [0, 0.1) is 5.82 Å². The Hall–Kier alpha value is -1.63. The highest BCUT2D eigenvalue weighted by molar-refractivity contribution is 7.92. The predicted octanol–water partition coefficient (Wildman–Crippen LogP) is 0.961. The number of sulfone groups is 1. The number of nitrogens with two attached hydrogens (primary N) is 1. The van der Waals surface area contributed by atoms with Gasteiger partial charge in [0.15, 0.2) is 9.84 Å². The monoisotopic (exact) mass is 288 g/mol. The molecule has 5 nitrogen and oxygen atoms in total. The molecule has 0 aromatic heterocycles. The van der Waals surface area contributed by atoms with Gasteiger partial charge in [0.25, 0.3) is 5.91 Å². The Bertz CT molecular complexity index is 597. The quantitative estimate of drug-likeness (QED) is 0.808. The van der Waals surface area contributed by atoms with Crippen molar-refractivity contribution in [2.75, 3.05) is 18.5 Å². The molecule has 1 amide bonds. The molecular weight excluding hydrogens is 271 g/mol. The van der Waals surface area contributed by atoms with Crippen molar-refractivity contribution in [3.05, 3.63) is 29.6 Å². The van der Waals surface area contributed by atoms with E-state index in [1.165, 1.54) is 19.9 Å². The Morgan fingerprint density at radius 2 is 2.00 bits per heavy atom. The summed E-state index contributed by atoms with van der Waals surface area (Å²) in [5.41, 5.74) is 5.65. The van der Waals surface area contributed by atoms with Crippen LogP contribution in [0.25, 0.3) is 0 Å². The molecule has 3 N–H and O–H groups in total. The van der Waals surface area contributed by atoms with Crippen molar-refractivity contribution in [1.82, 2.24) is 5.32 Å². The number of hydrogen-bond acceptors (Lipinski definition) is 4. The average molecular weight is 288 g/mol. The van der Waals surface area contributed by atoms with E-state index >= 15 is 0 Å². The third-order valence-corrected chi connectivity index (χ3v) is 5.09. The number of carbonyl (C=O) groups excluding carboxylic acids is 1. The zero-order chi connectivity index (χ0) is 14.8. The number of nitrogen functional groups attached to an aromatic ring is 1. The fraction of sp³-hybridized carbons (Fsp3) is 0.417. The zero-order valence-electron chi connectivity index (χ0n) is 11.0. The number of carbonyl (C=O) groups is 1. The largest absolute Gasteiger partial charge is 0.398 e. The van der Waals surface area contributed by atoms with Gasteiger partial charge in [-0.25, -0.2) is 12.8 Å². The second-order valence-corrected chi connectivity index (χ2v) is 7.60. The van der Waals surface area contributed by atoms with Gasteiger partial charge in [-0.1, -0.05) is 0 Å². The van der Waals surface area contributed by atoms with E-state index in [-0.39, 0.29) is 17.8 Å². The van der Waals surface area contributed by atoms with Crippen LogP contribution in [0.15, 0.2) is 18.2 Å². The predicted molar refractivity (Wildman–Crippen MR) is 72.1 cm³/mol. The first-order valence-electron chi connectivity index (χ1n) is 5.57. The minimum absolute atomic E-state index is 0.00895. The highest BCUT2D eigenvalue weighted by Gasteiger charge is 2.30. The second-order valence-electron chi connectivity index (χ2n) is 4.95. The molecule has 1 aromatic rings. The standard InChI is InChI=1S/C12H17FN2O3S/c1-12(2,19(3,17)18)7-15-11(16)9-5-4-8(13)6-10(9)14/h4-6H,7,14H2,1-3H3,(H,15,16). The molecular formula is C12H17FN2O3S. The lowest BCUT2D eigenvalue weighted by Crippen LogP contribution is -2.43. The maximum absolute atomic E-state index is 12.9. The van der Waals surface area contributed by atoms with Crippen molar-refractivity contribution in [3.63, 3.8) is 0 Å². The summed E-state index contributed by atoms with van der Waals surface area (Å²) in [5.74, 6) is -1.07. The lowest BCUT2D eigenvalue weighted by atomic mass is 10.1.